The van der Waals surface area contributed by atoms with Gasteiger partial charge in [0, 0.05) is 31.6 Å². The maximum atomic E-state index is 12.5. The highest BCUT2D eigenvalue weighted by Gasteiger charge is 2.24. The fourth-order valence-corrected chi connectivity index (χ4v) is 3.47. The van der Waals surface area contributed by atoms with Gasteiger partial charge in [0.05, 0.1) is 23.7 Å². The number of benzene rings is 1. The summed E-state index contributed by atoms with van der Waals surface area (Å²) in [6.07, 6.45) is 0.993. The van der Waals surface area contributed by atoms with Crippen LogP contribution in [0.5, 0.6) is 0 Å². The van der Waals surface area contributed by atoms with Crippen LogP contribution in [0.3, 0.4) is 0 Å². The summed E-state index contributed by atoms with van der Waals surface area (Å²) >= 11 is 0. The van der Waals surface area contributed by atoms with Gasteiger partial charge in [0.1, 0.15) is 0 Å². The van der Waals surface area contributed by atoms with E-state index in [0.29, 0.717) is 25.3 Å². The van der Waals surface area contributed by atoms with Crippen LogP contribution < -0.4 is 4.72 Å². The number of morpholine rings is 1. The maximum Gasteiger partial charge on any atom is 0.254 e. The highest BCUT2D eigenvalue weighted by molar-refractivity contribution is 7.89. The Morgan fingerprint density at radius 3 is 2.75 bits per heavy atom. The van der Waals surface area contributed by atoms with Crippen LogP contribution in [0.4, 0.5) is 0 Å². The molecule has 1 saturated heterocycles. The van der Waals surface area contributed by atoms with Gasteiger partial charge in [0.2, 0.25) is 10.0 Å². The van der Waals surface area contributed by atoms with E-state index in [9.17, 15) is 13.2 Å². The van der Waals surface area contributed by atoms with E-state index < -0.39 is 10.0 Å². The number of hydrogen-bond acceptors (Lipinski definition) is 5. The second-order valence-electron chi connectivity index (χ2n) is 5.48. The summed E-state index contributed by atoms with van der Waals surface area (Å²) in [4.78, 5) is 14.3. The molecule has 2 rings (SSSR count). The second-order valence-corrected chi connectivity index (χ2v) is 7.25. The number of nitriles is 1. The average molecular weight is 351 g/mol. The van der Waals surface area contributed by atoms with Crippen LogP contribution in [0.25, 0.3) is 0 Å². The number of amides is 1. The third-order valence-electron chi connectivity index (χ3n) is 3.82. The van der Waals surface area contributed by atoms with Crippen LogP contribution in [0.2, 0.25) is 0 Å². The molecule has 1 aliphatic heterocycles. The molecule has 1 atom stereocenters. The summed E-state index contributed by atoms with van der Waals surface area (Å²) in [7, 11) is -3.66. The van der Waals surface area contributed by atoms with Crippen molar-refractivity contribution < 1.29 is 17.9 Å². The fraction of sp³-hybridized carbons (Fsp3) is 0.500. The minimum Gasteiger partial charge on any atom is -0.375 e. The summed E-state index contributed by atoms with van der Waals surface area (Å²) in [6, 6.07) is 7.70. The molecule has 1 aromatic carbocycles. The minimum atomic E-state index is -3.66. The molecular weight excluding hydrogens is 330 g/mol. The predicted octanol–water partition coefficient (Wildman–Crippen LogP) is 1.13. The molecule has 0 saturated carbocycles. The zero-order valence-corrected chi connectivity index (χ0v) is 14.4. The summed E-state index contributed by atoms with van der Waals surface area (Å²) in [6.45, 7) is 3.67. The lowest BCUT2D eigenvalue weighted by molar-refractivity contribution is -0.0226. The quantitative estimate of drug-likeness (QED) is 0.775. The van der Waals surface area contributed by atoms with Gasteiger partial charge in [-0.05, 0) is 30.7 Å². The average Bonchev–Trinajstić information content (AvgIpc) is 2.61. The molecule has 0 radical (unpaired) electrons. The highest BCUT2D eigenvalue weighted by atomic mass is 32.2. The van der Waals surface area contributed by atoms with Crippen molar-refractivity contribution in [3.8, 4) is 6.07 Å². The van der Waals surface area contributed by atoms with Crippen LogP contribution >= 0.6 is 0 Å². The molecule has 1 amide bonds. The summed E-state index contributed by atoms with van der Waals surface area (Å²) in [5.74, 6) is -0.127. The van der Waals surface area contributed by atoms with E-state index >= 15 is 0 Å². The third-order valence-corrected chi connectivity index (χ3v) is 5.30. The zero-order chi connectivity index (χ0) is 17.6. The molecule has 1 aliphatic rings. The lowest BCUT2D eigenvalue weighted by Gasteiger charge is -2.32. The first-order valence-electron chi connectivity index (χ1n) is 7.85. The Bertz CT molecular complexity index is 710. The van der Waals surface area contributed by atoms with Crippen molar-refractivity contribution in [2.45, 2.75) is 30.8 Å². The normalized spacial score (nSPS) is 18.2. The molecule has 1 fully saturated rings. The van der Waals surface area contributed by atoms with Gasteiger partial charge in [-0.15, -0.1) is 0 Å². The van der Waals surface area contributed by atoms with Crippen molar-refractivity contribution >= 4 is 15.9 Å². The Kier molecular flexibility index (Phi) is 6.31. The molecule has 0 bridgehead atoms. The molecule has 24 heavy (non-hydrogen) atoms. The van der Waals surface area contributed by atoms with Gasteiger partial charge >= 0.3 is 0 Å². The molecule has 1 unspecified atom stereocenters. The Labute approximate surface area is 142 Å². The Hall–Kier alpha value is -1.95. The summed E-state index contributed by atoms with van der Waals surface area (Å²) in [5.41, 5.74) is 0.447. The molecule has 0 spiro atoms. The van der Waals surface area contributed by atoms with Crippen molar-refractivity contribution in [3.05, 3.63) is 29.8 Å². The Balaban J connectivity index is 2.06. The molecule has 7 nitrogen and oxygen atoms in total. The summed E-state index contributed by atoms with van der Waals surface area (Å²) < 4.78 is 32.0. The van der Waals surface area contributed by atoms with Crippen molar-refractivity contribution in [1.29, 1.82) is 5.26 Å². The molecule has 0 aromatic heterocycles. The SMILES string of the molecule is CCC1CN(C(=O)c2ccc(S(=O)(=O)NCCC#N)cc2)CCO1. The molecular formula is C16H21N3O4S. The number of nitrogens with one attached hydrogen (secondary N) is 1. The van der Waals surface area contributed by atoms with Gasteiger partial charge in [-0.3, -0.25) is 4.79 Å². The van der Waals surface area contributed by atoms with Crippen molar-refractivity contribution in [1.82, 2.24) is 9.62 Å². The monoisotopic (exact) mass is 351 g/mol. The van der Waals surface area contributed by atoms with E-state index in [4.69, 9.17) is 10.00 Å². The second kappa shape index (κ2) is 8.24. The van der Waals surface area contributed by atoms with Crippen LogP contribution in [-0.2, 0) is 14.8 Å². The molecule has 1 aromatic rings. The lowest BCUT2D eigenvalue weighted by Crippen LogP contribution is -2.45. The van der Waals surface area contributed by atoms with Gasteiger partial charge in [0.25, 0.3) is 5.91 Å². The van der Waals surface area contributed by atoms with Gasteiger partial charge in [0.15, 0.2) is 0 Å². The van der Waals surface area contributed by atoms with Gasteiger partial charge in [-0.25, -0.2) is 13.1 Å². The molecule has 1 N–H and O–H groups in total. The molecule has 8 heteroatoms. The third kappa shape index (κ3) is 4.54. The number of sulfonamides is 1. The van der Waals surface area contributed by atoms with E-state index in [0.717, 1.165) is 6.42 Å². The first kappa shape index (κ1) is 18.4. The number of rotatable bonds is 6. The number of hydrogen-bond donors (Lipinski definition) is 1. The molecule has 0 aliphatic carbocycles. The lowest BCUT2D eigenvalue weighted by atomic mass is 10.1. The standard InChI is InChI=1S/C16H21N3O4S/c1-2-14-12-19(10-11-23-14)16(20)13-4-6-15(7-5-13)24(21,22)18-9-3-8-17/h4-7,14,18H,2-3,9-12H2,1H3. The van der Waals surface area contributed by atoms with Gasteiger partial charge < -0.3 is 9.64 Å². The minimum absolute atomic E-state index is 0.0479. The van der Waals surface area contributed by atoms with Crippen molar-refractivity contribution in [2.75, 3.05) is 26.2 Å². The Morgan fingerprint density at radius 1 is 1.42 bits per heavy atom. The Morgan fingerprint density at radius 2 is 2.12 bits per heavy atom. The molecule has 130 valence electrons. The van der Waals surface area contributed by atoms with E-state index in [2.05, 4.69) is 4.72 Å². The zero-order valence-electron chi connectivity index (χ0n) is 13.6. The molecule has 1 heterocycles. The van der Waals surface area contributed by atoms with E-state index in [1.54, 1.807) is 4.90 Å². The van der Waals surface area contributed by atoms with Gasteiger partial charge in [-0.2, -0.15) is 5.26 Å². The first-order valence-corrected chi connectivity index (χ1v) is 9.33. The fourth-order valence-electron chi connectivity index (χ4n) is 2.43. The van der Waals surface area contributed by atoms with Crippen molar-refractivity contribution in [3.63, 3.8) is 0 Å². The number of nitrogens with zero attached hydrogens (tertiary/aromatic N) is 2. The maximum absolute atomic E-state index is 12.5. The highest BCUT2D eigenvalue weighted by Crippen LogP contribution is 2.15. The number of carbonyl (C=O) groups is 1. The van der Waals surface area contributed by atoms with Crippen LogP contribution in [0.1, 0.15) is 30.1 Å². The van der Waals surface area contributed by atoms with Crippen LogP contribution in [-0.4, -0.2) is 51.6 Å². The largest absolute Gasteiger partial charge is 0.375 e. The van der Waals surface area contributed by atoms with E-state index in [1.807, 2.05) is 13.0 Å². The van der Waals surface area contributed by atoms with E-state index in [1.165, 1.54) is 24.3 Å². The topological polar surface area (TPSA) is 99.5 Å². The van der Waals surface area contributed by atoms with Crippen LogP contribution in [0.15, 0.2) is 29.2 Å². The van der Waals surface area contributed by atoms with E-state index in [-0.39, 0.29) is 29.9 Å². The van der Waals surface area contributed by atoms with Gasteiger partial charge in [-0.1, -0.05) is 6.92 Å². The predicted molar refractivity (Wildman–Crippen MR) is 87.8 cm³/mol. The summed E-state index contributed by atoms with van der Waals surface area (Å²) in [5, 5.41) is 8.46. The number of carbonyl (C=O) groups excluding carboxylic acids is 1. The van der Waals surface area contributed by atoms with Crippen LogP contribution in [0, 0.1) is 11.3 Å². The number of ether oxygens (including phenoxy) is 1. The first-order chi connectivity index (χ1) is 11.5. The van der Waals surface area contributed by atoms with Crippen molar-refractivity contribution in [2.24, 2.45) is 0 Å². The smallest absolute Gasteiger partial charge is 0.254 e.